The van der Waals surface area contributed by atoms with Crippen LogP contribution in [0.2, 0.25) is 0 Å². The molecule has 2 aromatic carbocycles. The van der Waals surface area contributed by atoms with Crippen LogP contribution in [0.15, 0.2) is 52.3 Å². The second kappa shape index (κ2) is 8.03. The standard InChI is InChI=1S/C16H19N3O4S2.ClH/c1-17-24(20,21)15-4-6-16(7-5-15)25(22,23)19-9-12-2-3-13-10-18-11-14(13)8-12;/h2-8,17-19H,9-11H2,1H3;1H. The summed E-state index contributed by atoms with van der Waals surface area (Å²) in [5.74, 6) is 0. The van der Waals surface area contributed by atoms with Crippen LogP contribution in [0, 0.1) is 0 Å². The second-order valence-corrected chi connectivity index (χ2v) is 9.36. The fourth-order valence-corrected chi connectivity index (χ4v) is 4.38. The van der Waals surface area contributed by atoms with Crippen LogP contribution in [0.25, 0.3) is 0 Å². The van der Waals surface area contributed by atoms with Crippen molar-refractivity contribution in [2.75, 3.05) is 7.05 Å². The molecule has 0 radical (unpaired) electrons. The number of fused-ring (bicyclic) bond motifs is 1. The van der Waals surface area contributed by atoms with Gasteiger partial charge in [0, 0.05) is 19.6 Å². The third kappa shape index (κ3) is 4.43. The van der Waals surface area contributed by atoms with Gasteiger partial charge in [-0.05, 0) is 48.0 Å². The van der Waals surface area contributed by atoms with Gasteiger partial charge in [0.05, 0.1) is 9.79 Å². The van der Waals surface area contributed by atoms with Crippen molar-refractivity contribution < 1.29 is 16.8 Å². The van der Waals surface area contributed by atoms with Gasteiger partial charge in [-0.1, -0.05) is 18.2 Å². The van der Waals surface area contributed by atoms with E-state index in [0.717, 1.165) is 18.7 Å². The number of sulfonamides is 2. The fourth-order valence-electron chi connectivity index (χ4n) is 2.64. The first-order valence-corrected chi connectivity index (χ1v) is 10.6. The topological polar surface area (TPSA) is 104 Å². The van der Waals surface area contributed by atoms with E-state index in [1.54, 1.807) is 0 Å². The SMILES string of the molecule is CNS(=O)(=O)c1ccc(S(=O)(=O)NCc2ccc3c(c2)CNC3)cc1.Cl. The number of nitrogens with one attached hydrogen (secondary N) is 3. The molecule has 0 spiro atoms. The third-order valence-corrected chi connectivity index (χ3v) is 6.93. The van der Waals surface area contributed by atoms with Gasteiger partial charge in [0.1, 0.15) is 0 Å². The summed E-state index contributed by atoms with van der Waals surface area (Å²) in [6.45, 7) is 1.80. The molecule has 3 rings (SSSR count). The van der Waals surface area contributed by atoms with Crippen molar-refractivity contribution in [3.8, 4) is 0 Å². The molecule has 142 valence electrons. The average molecular weight is 418 g/mol. The minimum absolute atomic E-state index is 0. The highest BCUT2D eigenvalue weighted by atomic mass is 35.5. The summed E-state index contributed by atoms with van der Waals surface area (Å²) in [6, 6.07) is 11.0. The Morgan fingerprint density at radius 2 is 1.46 bits per heavy atom. The molecular weight excluding hydrogens is 398 g/mol. The predicted molar refractivity (Wildman–Crippen MR) is 101 cm³/mol. The van der Waals surface area contributed by atoms with Crippen molar-refractivity contribution in [3.63, 3.8) is 0 Å². The highest BCUT2D eigenvalue weighted by molar-refractivity contribution is 7.90. The van der Waals surface area contributed by atoms with E-state index in [1.165, 1.54) is 42.4 Å². The fraction of sp³-hybridized carbons (Fsp3) is 0.250. The van der Waals surface area contributed by atoms with Gasteiger partial charge in [0.15, 0.2) is 0 Å². The molecule has 1 heterocycles. The van der Waals surface area contributed by atoms with E-state index in [4.69, 9.17) is 0 Å². The van der Waals surface area contributed by atoms with Crippen LogP contribution < -0.4 is 14.8 Å². The normalized spacial score (nSPS) is 13.9. The van der Waals surface area contributed by atoms with Gasteiger partial charge in [-0.2, -0.15) is 0 Å². The van der Waals surface area contributed by atoms with Gasteiger partial charge >= 0.3 is 0 Å². The van der Waals surface area contributed by atoms with Crippen LogP contribution in [0.5, 0.6) is 0 Å². The molecule has 26 heavy (non-hydrogen) atoms. The number of hydrogen-bond acceptors (Lipinski definition) is 5. The highest BCUT2D eigenvalue weighted by Crippen LogP contribution is 2.18. The van der Waals surface area contributed by atoms with Gasteiger partial charge < -0.3 is 5.32 Å². The van der Waals surface area contributed by atoms with Crippen LogP contribution in [-0.4, -0.2) is 23.9 Å². The number of hydrogen-bond donors (Lipinski definition) is 3. The molecule has 0 saturated heterocycles. The second-order valence-electron chi connectivity index (χ2n) is 5.71. The molecule has 0 atom stereocenters. The van der Waals surface area contributed by atoms with E-state index in [-0.39, 0.29) is 28.7 Å². The quantitative estimate of drug-likeness (QED) is 0.652. The van der Waals surface area contributed by atoms with Crippen LogP contribution in [0.3, 0.4) is 0 Å². The van der Waals surface area contributed by atoms with E-state index >= 15 is 0 Å². The average Bonchev–Trinajstić information content (AvgIpc) is 3.08. The zero-order valence-corrected chi connectivity index (χ0v) is 16.5. The Bertz CT molecular complexity index is 991. The number of rotatable bonds is 6. The van der Waals surface area contributed by atoms with Crippen LogP contribution >= 0.6 is 12.4 Å². The number of benzene rings is 2. The Morgan fingerprint density at radius 3 is 2.08 bits per heavy atom. The van der Waals surface area contributed by atoms with Crippen molar-refractivity contribution >= 4 is 32.5 Å². The van der Waals surface area contributed by atoms with Gasteiger partial charge in [-0.3, -0.25) is 0 Å². The minimum Gasteiger partial charge on any atom is -0.309 e. The Hall–Kier alpha value is -1.49. The minimum atomic E-state index is -3.72. The van der Waals surface area contributed by atoms with Gasteiger partial charge in [-0.15, -0.1) is 12.4 Å². The lowest BCUT2D eigenvalue weighted by atomic mass is 10.1. The van der Waals surface area contributed by atoms with Crippen molar-refractivity contribution in [2.24, 2.45) is 0 Å². The van der Waals surface area contributed by atoms with E-state index < -0.39 is 20.0 Å². The van der Waals surface area contributed by atoms with Gasteiger partial charge in [0.25, 0.3) is 0 Å². The monoisotopic (exact) mass is 417 g/mol. The molecule has 10 heteroatoms. The van der Waals surface area contributed by atoms with E-state index in [9.17, 15) is 16.8 Å². The molecule has 0 unspecified atom stereocenters. The Kier molecular flexibility index (Phi) is 6.43. The first kappa shape index (κ1) is 20.8. The third-order valence-electron chi connectivity index (χ3n) is 4.08. The van der Waals surface area contributed by atoms with E-state index in [0.29, 0.717) is 0 Å². The lowest BCUT2D eigenvalue weighted by Crippen LogP contribution is -2.23. The molecule has 1 aliphatic heterocycles. The summed E-state index contributed by atoms with van der Waals surface area (Å²) < 4.78 is 52.9. The molecule has 2 aromatic rings. The van der Waals surface area contributed by atoms with Crippen LogP contribution in [0.1, 0.15) is 16.7 Å². The Labute approximate surface area is 159 Å². The highest BCUT2D eigenvalue weighted by Gasteiger charge is 2.17. The van der Waals surface area contributed by atoms with Crippen molar-refractivity contribution in [2.45, 2.75) is 29.4 Å². The van der Waals surface area contributed by atoms with Gasteiger partial charge in [0.2, 0.25) is 20.0 Å². The summed E-state index contributed by atoms with van der Waals surface area (Å²) in [4.78, 5) is 0.0328. The molecule has 7 nitrogen and oxygen atoms in total. The first-order valence-electron chi connectivity index (χ1n) is 7.66. The zero-order chi connectivity index (χ0) is 18.1. The van der Waals surface area contributed by atoms with Crippen molar-refractivity contribution in [1.82, 2.24) is 14.8 Å². The summed E-state index contributed by atoms with van der Waals surface area (Å²) >= 11 is 0. The zero-order valence-electron chi connectivity index (χ0n) is 14.0. The summed E-state index contributed by atoms with van der Waals surface area (Å²) in [6.07, 6.45) is 0. The summed E-state index contributed by atoms with van der Waals surface area (Å²) in [5.41, 5.74) is 3.28. The van der Waals surface area contributed by atoms with E-state index in [1.807, 2.05) is 18.2 Å². The molecule has 0 fully saturated rings. The molecule has 0 amide bonds. The smallest absolute Gasteiger partial charge is 0.240 e. The van der Waals surface area contributed by atoms with Crippen LogP contribution in [-0.2, 0) is 39.7 Å². The lowest BCUT2D eigenvalue weighted by molar-refractivity contribution is 0.579. The Morgan fingerprint density at radius 1 is 0.885 bits per heavy atom. The molecule has 0 bridgehead atoms. The molecule has 3 N–H and O–H groups in total. The maximum absolute atomic E-state index is 12.4. The van der Waals surface area contributed by atoms with Gasteiger partial charge in [-0.25, -0.2) is 26.3 Å². The largest absolute Gasteiger partial charge is 0.309 e. The van der Waals surface area contributed by atoms with Crippen LogP contribution in [0.4, 0.5) is 0 Å². The summed E-state index contributed by atoms with van der Waals surface area (Å²) in [5, 5.41) is 3.24. The van der Waals surface area contributed by atoms with Crippen molar-refractivity contribution in [1.29, 1.82) is 0 Å². The molecule has 0 aromatic heterocycles. The van der Waals surface area contributed by atoms with E-state index in [2.05, 4.69) is 14.8 Å². The molecule has 1 aliphatic rings. The maximum Gasteiger partial charge on any atom is 0.240 e. The Balaban J connectivity index is 0.00000243. The maximum atomic E-state index is 12.4. The van der Waals surface area contributed by atoms with Crippen molar-refractivity contribution in [3.05, 3.63) is 59.2 Å². The summed E-state index contributed by atoms with van der Waals surface area (Å²) in [7, 11) is -6.02. The predicted octanol–water partition coefficient (Wildman–Crippen LogP) is 1.10. The first-order chi connectivity index (χ1) is 11.8. The molecular formula is C16H20ClN3O4S2. The number of halogens is 1. The molecule has 0 saturated carbocycles. The lowest BCUT2D eigenvalue weighted by Gasteiger charge is -2.09. The molecule has 0 aliphatic carbocycles.